The Hall–Kier alpha value is -1.43. The Morgan fingerprint density at radius 2 is 2.04 bits per heavy atom. The maximum atomic E-state index is 12.5. The number of nitrogens with zero attached hydrogens (tertiary/aromatic N) is 1. The number of hydrogen-bond donors (Lipinski definition) is 2. The standard InChI is InChI=1S/C21H33N3O2/c25-21(23-10-4-12-24-13-15-26-16-14-24)20-17-19(9-11-22-20)8-7-18-5-2-1-3-6-18/h1-3,5-6,19-20,22H,4,7-17H2,(H,23,25). The van der Waals surface area contributed by atoms with Crippen LogP contribution in [0.15, 0.2) is 30.3 Å². The summed E-state index contributed by atoms with van der Waals surface area (Å²) in [4.78, 5) is 14.9. The first-order chi connectivity index (χ1) is 12.8. The molecule has 0 radical (unpaired) electrons. The van der Waals surface area contributed by atoms with Crippen molar-refractivity contribution in [3.63, 3.8) is 0 Å². The van der Waals surface area contributed by atoms with Crippen molar-refractivity contribution in [2.24, 2.45) is 5.92 Å². The van der Waals surface area contributed by atoms with E-state index >= 15 is 0 Å². The van der Waals surface area contributed by atoms with E-state index in [4.69, 9.17) is 4.74 Å². The molecule has 1 aromatic carbocycles. The molecule has 144 valence electrons. The fraction of sp³-hybridized carbons (Fsp3) is 0.667. The van der Waals surface area contributed by atoms with Crippen LogP contribution in [0.25, 0.3) is 0 Å². The molecule has 3 rings (SSSR count). The Morgan fingerprint density at radius 3 is 2.85 bits per heavy atom. The van der Waals surface area contributed by atoms with Gasteiger partial charge in [-0.25, -0.2) is 0 Å². The van der Waals surface area contributed by atoms with Gasteiger partial charge in [-0.15, -0.1) is 0 Å². The third-order valence-electron chi connectivity index (χ3n) is 5.57. The summed E-state index contributed by atoms with van der Waals surface area (Å²) in [6.07, 6.45) is 5.43. The maximum absolute atomic E-state index is 12.5. The highest BCUT2D eigenvalue weighted by Gasteiger charge is 2.26. The van der Waals surface area contributed by atoms with E-state index in [-0.39, 0.29) is 11.9 Å². The van der Waals surface area contributed by atoms with Crippen LogP contribution in [0.2, 0.25) is 0 Å². The molecule has 0 spiro atoms. The van der Waals surface area contributed by atoms with Crippen LogP contribution in [-0.4, -0.2) is 62.8 Å². The molecule has 1 aromatic rings. The molecule has 2 aliphatic rings. The summed E-state index contributed by atoms with van der Waals surface area (Å²) >= 11 is 0. The third-order valence-corrected chi connectivity index (χ3v) is 5.57. The number of nitrogens with one attached hydrogen (secondary N) is 2. The lowest BCUT2D eigenvalue weighted by atomic mass is 9.87. The quantitative estimate of drug-likeness (QED) is 0.696. The Labute approximate surface area is 157 Å². The molecule has 2 heterocycles. The second-order valence-corrected chi connectivity index (χ2v) is 7.52. The molecule has 2 saturated heterocycles. The number of piperidine rings is 1. The van der Waals surface area contributed by atoms with Gasteiger partial charge >= 0.3 is 0 Å². The molecular weight excluding hydrogens is 326 g/mol. The van der Waals surface area contributed by atoms with Crippen molar-refractivity contribution < 1.29 is 9.53 Å². The van der Waals surface area contributed by atoms with E-state index in [2.05, 4.69) is 45.9 Å². The molecule has 2 fully saturated rings. The van der Waals surface area contributed by atoms with E-state index in [9.17, 15) is 4.79 Å². The lowest BCUT2D eigenvalue weighted by Crippen LogP contribution is -2.49. The van der Waals surface area contributed by atoms with Gasteiger partial charge in [0.25, 0.3) is 0 Å². The van der Waals surface area contributed by atoms with Crippen molar-refractivity contribution in [3.05, 3.63) is 35.9 Å². The van der Waals surface area contributed by atoms with Gasteiger partial charge in [0.2, 0.25) is 5.91 Å². The molecule has 0 saturated carbocycles. The summed E-state index contributed by atoms with van der Waals surface area (Å²) in [5.74, 6) is 0.817. The molecule has 0 bridgehead atoms. The Morgan fingerprint density at radius 1 is 1.23 bits per heavy atom. The van der Waals surface area contributed by atoms with Crippen LogP contribution in [0.3, 0.4) is 0 Å². The Kier molecular flexibility index (Phi) is 7.92. The molecule has 26 heavy (non-hydrogen) atoms. The summed E-state index contributed by atoms with van der Waals surface area (Å²) in [7, 11) is 0. The van der Waals surface area contributed by atoms with Gasteiger partial charge in [0.15, 0.2) is 0 Å². The number of amides is 1. The average Bonchev–Trinajstić information content (AvgIpc) is 2.71. The van der Waals surface area contributed by atoms with Gasteiger partial charge in [-0.1, -0.05) is 30.3 Å². The number of hydrogen-bond acceptors (Lipinski definition) is 4. The molecule has 0 aliphatic carbocycles. The second-order valence-electron chi connectivity index (χ2n) is 7.52. The van der Waals surface area contributed by atoms with Crippen molar-refractivity contribution in [2.75, 3.05) is 45.9 Å². The number of carbonyl (C=O) groups is 1. The largest absolute Gasteiger partial charge is 0.379 e. The number of benzene rings is 1. The topological polar surface area (TPSA) is 53.6 Å². The number of aryl methyl sites for hydroxylation is 1. The third kappa shape index (κ3) is 6.38. The monoisotopic (exact) mass is 359 g/mol. The minimum atomic E-state index is -0.0205. The van der Waals surface area contributed by atoms with E-state index in [1.165, 1.54) is 18.4 Å². The highest BCUT2D eigenvalue weighted by molar-refractivity contribution is 5.81. The van der Waals surface area contributed by atoms with Gasteiger partial charge in [0, 0.05) is 19.6 Å². The lowest BCUT2D eigenvalue weighted by molar-refractivity contribution is -0.124. The predicted octanol–water partition coefficient (Wildman–Crippen LogP) is 1.83. The molecule has 0 aromatic heterocycles. The van der Waals surface area contributed by atoms with Gasteiger partial charge in [-0.3, -0.25) is 9.69 Å². The van der Waals surface area contributed by atoms with Gasteiger partial charge in [0.05, 0.1) is 19.3 Å². The summed E-state index contributed by atoms with van der Waals surface area (Å²) in [6.45, 7) is 6.46. The number of morpholine rings is 1. The highest BCUT2D eigenvalue weighted by Crippen LogP contribution is 2.22. The smallest absolute Gasteiger partial charge is 0.237 e. The highest BCUT2D eigenvalue weighted by atomic mass is 16.5. The summed E-state index contributed by atoms with van der Waals surface area (Å²) in [5, 5.41) is 6.53. The zero-order chi connectivity index (χ0) is 18.0. The van der Waals surface area contributed by atoms with Crippen LogP contribution in [0.1, 0.15) is 31.2 Å². The average molecular weight is 360 g/mol. The zero-order valence-corrected chi connectivity index (χ0v) is 15.8. The Balaban J connectivity index is 1.32. The van der Waals surface area contributed by atoms with Crippen LogP contribution < -0.4 is 10.6 Å². The van der Waals surface area contributed by atoms with E-state index in [0.717, 1.165) is 65.2 Å². The first kappa shape index (κ1) is 19.3. The fourth-order valence-corrected chi connectivity index (χ4v) is 3.94. The van der Waals surface area contributed by atoms with Gasteiger partial charge in [-0.2, -0.15) is 0 Å². The van der Waals surface area contributed by atoms with Crippen LogP contribution in [0.4, 0.5) is 0 Å². The number of carbonyl (C=O) groups excluding carboxylic acids is 1. The summed E-state index contributed by atoms with van der Waals surface area (Å²) < 4.78 is 5.36. The van der Waals surface area contributed by atoms with Crippen molar-refractivity contribution in [2.45, 2.75) is 38.1 Å². The number of rotatable bonds is 8. The molecule has 2 N–H and O–H groups in total. The van der Waals surface area contributed by atoms with Crippen LogP contribution in [-0.2, 0) is 16.0 Å². The van der Waals surface area contributed by atoms with Crippen molar-refractivity contribution in [1.82, 2.24) is 15.5 Å². The first-order valence-electron chi connectivity index (χ1n) is 10.2. The predicted molar refractivity (Wildman–Crippen MR) is 104 cm³/mol. The van der Waals surface area contributed by atoms with Crippen LogP contribution in [0.5, 0.6) is 0 Å². The molecular formula is C21H33N3O2. The van der Waals surface area contributed by atoms with Crippen molar-refractivity contribution in [1.29, 1.82) is 0 Å². The zero-order valence-electron chi connectivity index (χ0n) is 15.8. The van der Waals surface area contributed by atoms with Gasteiger partial charge in [0.1, 0.15) is 0 Å². The van der Waals surface area contributed by atoms with Crippen molar-refractivity contribution >= 4 is 5.91 Å². The lowest BCUT2D eigenvalue weighted by Gasteiger charge is -2.30. The molecule has 5 heteroatoms. The maximum Gasteiger partial charge on any atom is 0.237 e. The van der Waals surface area contributed by atoms with E-state index in [1.807, 2.05) is 0 Å². The molecule has 2 aliphatic heterocycles. The normalized spacial score (nSPS) is 24.3. The van der Waals surface area contributed by atoms with Crippen LogP contribution in [0, 0.1) is 5.92 Å². The minimum Gasteiger partial charge on any atom is -0.379 e. The van der Waals surface area contributed by atoms with E-state index in [0.29, 0.717) is 5.92 Å². The molecule has 5 nitrogen and oxygen atoms in total. The van der Waals surface area contributed by atoms with Gasteiger partial charge in [-0.05, 0) is 56.7 Å². The Bertz CT molecular complexity index is 531. The minimum absolute atomic E-state index is 0.0205. The van der Waals surface area contributed by atoms with E-state index < -0.39 is 0 Å². The first-order valence-corrected chi connectivity index (χ1v) is 10.2. The molecule has 2 atom stereocenters. The fourth-order valence-electron chi connectivity index (χ4n) is 3.94. The van der Waals surface area contributed by atoms with E-state index in [1.54, 1.807) is 0 Å². The van der Waals surface area contributed by atoms with Crippen LogP contribution >= 0.6 is 0 Å². The summed E-state index contributed by atoms with van der Waals surface area (Å²) in [5.41, 5.74) is 1.40. The number of ether oxygens (including phenoxy) is 1. The molecule has 2 unspecified atom stereocenters. The SMILES string of the molecule is O=C(NCCCN1CCOCC1)C1CC(CCc2ccccc2)CCN1. The van der Waals surface area contributed by atoms with Gasteiger partial charge < -0.3 is 15.4 Å². The second kappa shape index (κ2) is 10.7. The molecule has 1 amide bonds. The van der Waals surface area contributed by atoms with Crippen molar-refractivity contribution in [3.8, 4) is 0 Å². The summed E-state index contributed by atoms with van der Waals surface area (Å²) in [6, 6.07) is 10.6.